The van der Waals surface area contributed by atoms with Crippen LogP contribution in [0.5, 0.6) is 0 Å². The van der Waals surface area contributed by atoms with Crippen molar-refractivity contribution in [3.8, 4) is 0 Å². The molecule has 0 radical (unpaired) electrons. The summed E-state index contributed by atoms with van der Waals surface area (Å²) < 4.78 is 67.5. The summed E-state index contributed by atoms with van der Waals surface area (Å²) in [5.74, 6) is -5.48. The molecule has 1 saturated heterocycles. The van der Waals surface area contributed by atoms with Crippen molar-refractivity contribution in [2.24, 2.45) is 5.92 Å². The van der Waals surface area contributed by atoms with E-state index in [4.69, 9.17) is 11.6 Å². The highest BCUT2D eigenvalue weighted by Gasteiger charge is 2.43. The molecule has 0 bridgehead atoms. The average Bonchev–Trinajstić information content (AvgIpc) is 3.14. The summed E-state index contributed by atoms with van der Waals surface area (Å²) in [5, 5.41) is 8.97. The number of rotatable bonds is 4. The van der Waals surface area contributed by atoms with E-state index in [0.717, 1.165) is 28.0 Å². The zero-order chi connectivity index (χ0) is 24.0. The Morgan fingerprint density at radius 3 is 2.44 bits per heavy atom. The summed E-state index contributed by atoms with van der Waals surface area (Å²) in [4.78, 5) is 30.7. The second-order valence-electron chi connectivity index (χ2n) is 7.41. The van der Waals surface area contributed by atoms with Crippen LogP contribution >= 0.6 is 11.6 Å². The number of likely N-dealkylation sites (N-methyl/N-ethyl adjacent to an activating group) is 1. The van der Waals surface area contributed by atoms with Crippen LogP contribution in [0.15, 0.2) is 24.3 Å². The molecule has 0 saturated carbocycles. The smallest absolute Gasteiger partial charge is 0.416 e. The number of halogens is 6. The minimum absolute atomic E-state index is 0.0181. The van der Waals surface area contributed by atoms with Gasteiger partial charge in [-0.25, -0.2) is 13.8 Å². The standard InChI is InChI=1S/C20H17ClF5N3O3/c1-9-3-11(20(24,25)26)5-17(27-9)29-8-10(19(31)32)4-16(29)18(30)28(2)15-6-12(21)13(22)7-14(15)23/h3,5-7,10,16H,4,8H2,1-2H3,(H,31,32)/t10-,16?/m0/s1. The van der Waals surface area contributed by atoms with E-state index in [2.05, 4.69) is 4.98 Å². The highest BCUT2D eigenvalue weighted by atomic mass is 35.5. The second kappa shape index (κ2) is 8.53. The predicted octanol–water partition coefficient (Wildman–Crippen LogP) is 4.28. The predicted molar refractivity (Wildman–Crippen MR) is 106 cm³/mol. The van der Waals surface area contributed by atoms with Gasteiger partial charge in [0.1, 0.15) is 23.5 Å². The molecule has 0 aliphatic carbocycles. The first kappa shape index (κ1) is 23.7. The largest absolute Gasteiger partial charge is 0.481 e. The van der Waals surface area contributed by atoms with Crippen LogP contribution in [0, 0.1) is 24.5 Å². The highest BCUT2D eigenvalue weighted by Crippen LogP contribution is 2.36. The number of carbonyl (C=O) groups excluding carboxylic acids is 1. The summed E-state index contributed by atoms with van der Waals surface area (Å²) in [6.45, 7) is 1.06. The van der Waals surface area contributed by atoms with E-state index < -0.39 is 52.2 Å². The molecular formula is C20H17ClF5N3O3. The molecule has 1 aromatic heterocycles. The SMILES string of the molecule is Cc1cc(C(F)(F)F)cc(N2C[C@@H](C(=O)O)CC2C(=O)N(C)c2cc(Cl)c(F)cc2F)n1. The molecule has 172 valence electrons. The van der Waals surface area contributed by atoms with Crippen molar-refractivity contribution in [1.82, 2.24) is 4.98 Å². The van der Waals surface area contributed by atoms with Crippen LogP contribution in [-0.2, 0) is 15.8 Å². The molecule has 3 rings (SSSR count). The number of hydrogen-bond acceptors (Lipinski definition) is 4. The van der Waals surface area contributed by atoms with Crippen molar-refractivity contribution in [1.29, 1.82) is 0 Å². The lowest BCUT2D eigenvalue weighted by Gasteiger charge is -2.29. The Labute approximate surface area is 184 Å². The summed E-state index contributed by atoms with van der Waals surface area (Å²) in [6, 6.07) is 1.69. The van der Waals surface area contributed by atoms with Crippen LogP contribution in [-0.4, -0.2) is 41.6 Å². The average molecular weight is 478 g/mol. The summed E-state index contributed by atoms with van der Waals surface area (Å²) >= 11 is 5.68. The summed E-state index contributed by atoms with van der Waals surface area (Å²) in [6.07, 6.45) is -4.93. The number of nitrogens with zero attached hydrogens (tertiary/aromatic N) is 3. The van der Waals surface area contributed by atoms with Crippen molar-refractivity contribution in [3.63, 3.8) is 0 Å². The van der Waals surface area contributed by atoms with Gasteiger partial charge in [-0.05, 0) is 31.5 Å². The zero-order valence-corrected chi connectivity index (χ0v) is 17.5. The lowest BCUT2D eigenvalue weighted by Crippen LogP contribution is -2.45. The first-order valence-corrected chi connectivity index (χ1v) is 9.64. The number of aromatic nitrogens is 1. The molecule has 2 heterocycles. The van der Waals surface area contributed by atoms with Gasteiger partial charge in [-0.15, -0.1) is 0 Å². The van der Waals surface area contributed by atoms with Crippen LogP contribution < -0.4 is 9.80 Å². The summed E-state index contributed by atoms with van der Waals surface area (Å²) in [7, 11) is 1.17. The molecule has 1 fully saturated rings. The first-order valence-electron chi connectivity index (χ1n) is 9.27. The van der Waals surface area contributed by atoms with Crippen molar-refractivity contribution in [2.75, 3.05) is 23.4 Å². The Kier molecular flexibility index (Phi) is 6.32. The van der Waals surface area contributed by atoms with E-state index in [0.29, 0.717) is 6.07 Å². The second-order valence-corrected chi connectivity index (χ2v) is 7.81. The maximum atomic E-state index is 14.3. The van der Waals surface area contributed by atoms with E-state index in [1.165, 1.54) is 14.0 Å². The van der Waals surface area contributed by atoms with Crippen LogP contribution in [0.2, 0.25) is 5.02 Å². The van der Waals surface area contributed by atoms with Crippen molar-refractivity contribution in [2.45, 2.75) is 25.6 Å². The van der Waals surface area contributed by atoms with Crippen LogP contribution in [0.1, 0.15) is 17.7 Å². The van der Waals surface area contributed by atoms with E-state index in [9.17, 15) is 36.6 Å². The number of hydrogen-bond donors (Lipinski definition) is 1. The van der Waals surface area contributed by atoms with E-state index >= 15 is 0 Å². The molecule has 1 unspecified atom stereocenters. The van der Waals surface area contributed by atoms with Gasteiger partial charge in [-0.1, -0.05) is 11.6 Å². The van der Waals surface area contributed by atoms with Crippen LogP contribution in [0.4, 0.5) is 33.5 Å². The fourth-order valence-corrected chi connectivity index (χ4v) is 3.73. The van der Waals surface area contributed by atoms with Gasteiger partial charge in [0.25, 0.3) is 0 Å². The number of carboxylic acid groups (broad SMARTS) is 1. The minimum atomic E-state index is -4.68. The third-order valence-corrected chi connectivity index (χ3v) is 5.47. The van der Waals surface area contributed by atoms with Gasteiger partial charge < -0.3 is 14.9 Å². The number of alkyl halides is 3. The Hall–Kier alpha value is -2.95. The molecule has 1 N–H and O–H groups in total. The highest BCUT2D eigenvalue weighted by molar-refractivity contribution is 6.31. The third kappa shape index (κ3) is 4.62. The topological polar surface area (TPSA) is 73.7 Å². The Bertz CT molecular complexity index is 1080. The molecule has 1 aliphatic rings. The molecule has 12 heteroatoms. The van der Waals surface area contributed by atoms with E-state index in [-0.39, 0.29) is 30.2 Å². The van der Waals surface area contributed by atoms with Gasteiger partial charge >= 0.3 is 12.1 Å². The number of anilines is 2. The number of aryl methyl sites for hydroxylation is 1. The van der Waals surface area contributed by atoms with Gasteiger partial charge in [-0.3, -0.25) is 9.59 Å². The Balaban J connectivity index is 2.02. The quantitative estimate of drug-likeness (QED) is 0.525. The lowest BCUT2D eigenvalue weighted by molar-refractivity contribution is -0.141. The number of carboxylic acids is 1. The third-order valence-electron chi connectivity index (χ3n) is 5.18. The molecule has 1 amide bonds. The van der Waals surface area contributed by atoms with E-state index in [1.807, 2.05) is 0 Å². The number of aliphatic carboxylic acids is 1. The molecule has 2 atom stereocenters. The van der Waals surface area contributed by atoms with Crippen LogP contribution in [0.3, 0.4) is 0 Å². The number of pyridine rings is 1. The molecule has 2 aromatic rings. The zero-order valence-electron chi connectivity index (χ0n) is 16.8. The Morgan fingerprint density at radius 2 is 1.84 bits per heavy atom. The number of benzene rings is 1. The van der Waals surface area contributed by atoms with Gasteiger partial charge in [-0.2, -0.15) is 13.2 Å². The summed E-state index contributed by atoms with van der Waals surface area (Å²) in [5.41, 5.74) is -1.35. The molecular weight excluding hydrogens is 461 g/mol. The fourth-order valence-electron chi connectivity index (χ4n) is 3.58. The van der Waals surface area contributed by atoms with E-state index in [1.54, 1.807) is 0 Å². The number of amides is 1. The van der Waals surface area contributed by atoms with Gasteiger partial charge in [0.15, 0.2) is 0 Å². The fraction of sp³-hybridized carbons (Fsp3) is 0.350. The first-order chi connectivity index (χ1) is 14.8. The molecule has 32 heavy (non-hydrogen) atoms. The van der Waals surface area contributed by atoms with Crippen molar-refractivity contribution < 1.29 is 36.6 Å². The maximum absolute atomic E-state index is 14.3. The lowest BCUT2D eigenvalue weighted by atomic mass is 10.1. The minimum Gasteiger partial charge on any atom is -0.481 e. The number of carbonyl (C=O) groups is 2. The molecule has 0 spiro atoms. The van der Waals surface area contributed by atoms with Gasteiger partial charge in [0.05, 0.1) is 22.2 Å². The maximum Gasteiger partial charge on any atom is 0.416 e. The molecule has 1 aliphatic heterocycles. The van der Waals surface area contributed by atoms with Crippen LogP contribution in [0.25, 0.3) is 0 Å². The molecule has 1 aromatic carbocycles. The van der Waals surface area contributed by atoms with Gasteiger partial charge in [0.2, 0.25) is 5.91 Å². The van der Waals surface area contributed by atoms with Crippen molar-refractivity contribution >= 4 is 35.0 Å². The normalized spacial score (nSPS) is 18.7. The monoisotopic (exact) mass is 477 g/mol. The Morgan fingerprint density at radius 1 is 1.19 bits per heavy atom. The molecule has 6 nitrogen and oxygen atoms in total. The van der Waals surface area contributed by atoms with Gasteiger partial charge in [0, 0.05) is 25.4 Å². The van der Waals surface area contributed by atoms with Crippen molar-refractivity contribution in [3.05, 3.63) is 52.2 Å².